The number of hydrogen-bond acceptors (Lipinski definition) is 0. The second kappa shape index (κ2) is 22.5. The molecule has 0 unspecified atom stereocenters. The first-order valence-corrected chi connectivity index (χ1v) is 11.1. The quantitative estimate of drug-likeness (QED) is 0.163. The maximum Gasteiger partial charge on any atom is -0.0230 e. The van der Waals surface area contributed by atoms with Crippen LogP contribution in [0.25, 0.3) is 0 Å². The maximum absolute atomic E-state index is 3.32. The molecule has 0 amide bonds. The Morgan fingerprint density at radius 1 is 0.500 bits per heavy atom. The lowest BCUT2D eigenvalue weighted by Crippen LogP contribution is -1.80. The van der Waals surface area contributed by atoms with E-state index in [0.717, 1.165) is 0 Å². The van der Waals surface area contributed by atoms with E-state index in [4.69, 9.17) is 0 Å². The van der Waals surface area contributed by atoms with Gasteiger partial charge < -0.3 is 0 Å². The van der Waals surface area contributed by atoms with Gasteiger partial charge >= 0.3 is 0 Å². The van der Waals surface area contributed by atoms with Crippen LogP contribution in [0.15, 0.2) is 18.2 Å². The lowest BCUT2D eigenvalue weighted by atomic mass is 10.1. The Labute approximate surface area is 154 Å². The van der Waals surface area contributed by atoms with Crippen LogP contribution in [0.3, 0.4) is 0 Å². The fourth-order valence-electron chi connectivity index (χ4n) is 3.08. The molecule has 0 heteroatoms. The Kier molecular flexibility index (Phi) is 22.0. The Morgan fingerprint density at radius 2 is 0.917 bits per heavy atom. The number of rotatable bonds is 19. The molecular formula is C24H45. The van der Waals surface area contributed by atoms with Gasteiger partial charge in [0.15, 0.2) is 0 Å². The summed E-state index contributed by atoms with van der Waals surface area (Å²) in [7, 11) is 0. The van der Waals surface area contributed by atoms with Crippen LogP contribution in [0.1, 0.15) is 129 Å². The summed E-state index contributed by atoms with van der Waals surface area (Å²) in [6.45, 7) is 4.57. The fraction of sp³-hybridized carbons (Fsp3) is 0.833. The van der Waals surface area contributed by atoms with E-state index in [9.17, 15) is 0 Å². The zero-order valence-electron chi connectivity index (χ0n) is 17.0. The topological polar surface area (TPSA) is 0 Å². The van der Waals surface area contributed by atoms with E-state index in [2.05, 4.69) is 38.2 Å². The van der Waals surface area contributed by atoms with E-state index in [0.29, 0.717) is 0 Å². The Morgan fingerprint density at radius 3 is 1.42 bits per heavy atom. The standard InChI is InChI=1S/C24H45/c1-3-5-7-9-11-13-15-17-19-21-23-24-22-20-18-16-14-12-10-8-6-4-2/h21-23H,3-20H2,1-2H3. The van der Waals surface area contributed by atoms with E-state index in [1.165, 1.54) is 116 Å². The van der Waals surface area contributed by atoms with Crippen molar-refractivity contribution >= 4 is 0 Å². The molecule has 0 N–H and O–H groups in total. The SMILES string of the molecule is CCCCCCCCCCC=C/[C]=C/CCCCCCCCCC. The van der Waals surface area contributed by atoms with Gasteiger partial charge in [-0.05, 0) is 31.8 Å². The van der Waals surface area contributed by atoms with E-state index < -0.39 is 0 Å². The minimum absolute atomic E-state index is 1.21. The van der Waals surface area contributed by atoms with Crippen LogP contribution in [-0.2, 0) is 0 Å². The Balaban J connectivity index is 3.15. The van der Waals surface area contributed by atoms with Crippen molar-refractivity contribution in [3.05, 3.63) is 24.3 Å². The fourth-order valence-corrected chi connectivity index (χ4v) is 3.08. The Hall–Kier alpha value is -0.520. The molecule has 0 aliphatic heterocycles. The first kappa shape index (κ1) is 23.5. The summed E-state index contributed by atoms with van der Waals surface area (Å²) < 4.78 is 0. The van der Waals surface area contributed by atoms with Gasteiger partial charge in [0.05, 0.1) is 0 Å². The van der Waals surface area contributed by atoms with Crippen LogP contribution < -0.4 is 0 Å². The predicted octanol–water partition coefficient (Wildman–Crippen LogP) is 8.96. The second-order valence-corrected chi connectivity index (χ2v) is 7.30. The van der Waals surface area contributed by atoms with Crippen molar-refractivity contribution in [2.75, 3.05) is 0 Å². The van der Waals surface area contributed by atoms with Gasteiger partial charge in [-0.1, -0.05) is 122 Å². The summed E-state index contributed by atoms with van der Waals surface area (Å²) >= 11 is 0. The summed E-state index contributed by atoms with van der Waals surface area (Å²) in [6.07, 6.45) is 34.9. The van der Waals surface area contributed by atoms with Gasteiger partial charge in [0, 0.05) is 0 Å². The average molecular weight is 334 g/mol. The first-order chi connectivity index (χ1) is 11.9. The van der Waals surface area contributed by atoms with Crippen molar-refractivity contribution in [2.24, 2.45) is 0 Å². The smallest absolute Gasteiger partial charge is 0.0230 e. The molecule has 0 aromatic carbocycles. The highest BCUT2D eigenvalue weighted by Crippen LogP contribution is 2.10. The van der Waals surface area contributed by atoms with Crippen molar-refractivity contribution < 1.29 is 0 Å². The van der Waals surface area contributed by atoms with Crippen molar-refractivity contribution in [1.29, 1.82) is 0 Å². The van der Waals surface area contributed by atoms with Crippen LogP contribution in [-0.4, -0.2) is 0 Å². The maximum atomic E-state index is 3.32. The molecular weight excluding hydrogens is 288 g/mol. The Bertz CT molecular complexity index is 233. The van der Waals surface area contributed by atoms with Gasteiger partial charge in [-0.2, -0.15) is 0 Å². The summed E-state index contributed by atoms with van der Waals surface area (Å²) in [6, 6.07) is 0. The van der Waals surface area contributed by atoms with Crippen LogP contribution in [0.5, 0.6) is 0 Å². The molecule has 1 radical (unpaired) electrons. The van der Waals surface area contributed by atoms with Crippen molar-refractivity contribution in [1.82, 2.24) is 0 Å². The van der Waals surface area contributed by atoms with Gasteiger partial charge in [-0.3, -0.25) is 0 Å². The molecule has 0 nitrogen and oxygen atoms in total. The highest BCUT2D eigenvalue weighted by atomic mass is 14.0. The molecule has 0 saturated heterocycles. The molecule has 0 rings (SSSR count). The normalized spacial score (nSPS) is 11.9. The van der Waals surface area contributed by atoms with E-state index in [1.54, 1.807) is 0 Å². The third kappa shape index (κ3) is 21.5. The van der Waals surface area contributed by atoms with Gasteiger partial charge in [0.1, 0.15) is 0 Å². The van der Waals surface area contributed by atoms with Gasteiger partial charge in [-0.25, -0.2) is 0 Å². The third-order valence-electron chi connectivity index (χ3n) is 4.76. The first-order valence-electron chi connectivity index (χ1n) is 11.1. The molecule has 0 fully saturated rings. The van der Waals surface area contributed by atoms with Crippen LogP contribution in [0.2, 0.25) is 0 Å². The predicted molar refractivity (Wildman–Crippen MR) is 111 cm³/mol. The number of hydrogen-bond donors (Lipinski definition) is 0. The average Bonchev–Trinajstić information content (AvgIpc) is 2.60. The van der Waals surface area contributed by atoms with Crippen LogP contribution in [0, 0.1) is 6.08 Å². The molecule has 141 valence electrons. The summed E-state index contributed by atoms with van der Waals surface area (Å²) in [5.74, 6) is 0. The summed E-state index contributed by atoms with van der Waals surface area (Å²) in [5, 5.41) is 0. The molecule has 0 spiro atoms. The second-order valence-electron chi connectivity index (χ2n) is 7.30. The van der Waals surface area contributed by atoms with Crippen molar-refractivity contribution in [3.8, 4) is 0 Å². The van der Waals surface area contributed by atoms with Crippen molar-refractivity contribution in [3.63, 3.8) is 0 Å². The third-order valence-corrected chi connectivity index (χ3v) is 4.76. The van der Waals surface area contributed by atoms with Gasteiger partial charge in [0.25, 0.3) is 0 Å². The van der Waals surface area contributed by atoms with E-state index in [-0.39, 0.29) is 0 Å². The van der Waals surface area contributed by atoms with Crippen LogP contribution in [0.4, 0.5) is 0 Å². The highest BCUT2D eigenvalue weighted by molar-refractivity contribution is 4.94. The molecule has 24 heavy (non-hydrogen) atoms. The zero-order chi connectivity index (χ0) is 17.6. The van der Waals surface area contributed by atoms with E-state index in [1.807, 2.05) is 0 Å². The van der Waals surface area contributed by atoms with Crippen LogP contribution >= 0.6 is 0 Å². The molecule has 0 aromatic rings. The van der Waals surface area contributed by atoms with Gasteiger partial charge in [0.2, 0.25) is 0 Å². The molecule has 0 aromatic heterocycles. The minimum atomic E-state index is 1.21. The van der Waals surface area contributed by atoms with Gasteiger partial charge in [-0.15, -0.1) is 0 Å². The summed E-state index contributed by atoms with van der Waals surface area (Å²) in [5.41, 5.74) is 0. The number of allylic oxidation sites excluding steroid dienone is 4. The highest BCUT2D eigenvalue weighted by Gasteiger charge is 1.91. The monoisotopic (exact) mass is 333 g/mol. The molecule has 0 atom stereocenters. The lowest BCUT2D eigenvalue weighted by Gasteiger charge is -1.99. The molecule has 0 bridgehead atoms. The van der Waals surface area contributed by atoms with E-state index >= 15 is 0 Å². The number of unbranched alkanes of at least 4 members (excludes halogenated alkanes) is 16. The molecule has 0 aliphatic carbocycles. The minimum Gasteiger partial charge on any atom is -0.0839 e. The summed E-state index contributed by atoms with van der Waals surface area (Å²) in [4.78, 5) is 0. The zero-order valence-corrected chi connectivity index (χ0v) is 17.0. The molecule has 0 aliphatic rings. The molecule has 0 heterocycles. The lowest BCUT2D eigenvalue weighted by molar-refractivity contribution is 0.577. The largest absolute Gasteiger partial charge is 0.0839 e. The van der Waals surface area contributed by atoms with Crippen molar-refractivity contribution in [2.45, 2.75) is 129 Å². The molecule has 0 saturated carbocycles.